The number of carbonyl (C=O) groups is 1. The molecule has 142 valence electrons. The molecule has 3 aromatic rings. The Balaban J connectivity index is 1.60. The number of hydrogen-bond acceptors (Lipinski definition) is 5. The van der Waals surface area contributed by atoms with E-state index in [-0.39, 0.29) is 5.91 Å². The van der Waals surface area contributed by atoms with Crippen LogP contribution in [-0.2, 0) is 4.74 Å². The third-order valence-corrected chi connectivity index (χ3v) is 5.21. The number of benzene rings is 1. The number of aromatic nitrogens is 3. The van der Waals surface area contributed by atoms with Gasteiger partial charge in [0.05, 0.1) is 30.0 Å². The van der Waals surface area contributed by atoms with E-state index in [0.29, 0.717) is 54.4 Å². The summed E-state index contributed by atoms with van der Waals surface area (Å²) in [5.74, 6) is 0.796. The van der Waals surface area contributed by atoms with E-state index in [1.807, 2.05) is 0 Å². The Morgan fingerprint density at radius 3 is 2.57 bits per heavy atom. The van der Waals surface area contributed by atoms with Crippen molar-refractivity contribution in [3.8, 4) is 11.3 Å². The lowest BCUT2D eigenvalue weighted by atomic mass is 10.0. The van der Waals surface area contributed by atoms with Crippen LogP contribution < -0.4 is 0 Å². The van der Waals surface area contributed by atoms with Crippen LogP contribution in [0.15, 0.2) is 36.7 Å². The molecule has 1 saturated heterocycles. The van der Waals surface area contributed by atoms with Crippen molar-refractivity contribution in [2.24, 2.45) is 0 Å². The first kappa shape index (κ1) is 17.2. The van der Waals surface area contributed by atoms with Crippen LogP contribution >= 0.6 is 0 Å². The maximum atomic E-state index is 13.9. The molecule has 0 radical (unpaired) electrons. The lowest BCUT2D eigenvalue weighted by Crippen LogP contribution is -2.40. The topological polar surface area (TPSA) is 68.2 Å². The lowest BCUT2D eigenvalue weighted by molar-refractivity contribution is 0.0304. The van der Waals surface area contributed by atoms with E-state index >= 15 is 0 Å². The minimum atomic E-state index is -0.393. The smallest absolute Gasteiger partial charge is 0.254 e. The molecule has 0 N–H and O–H groups in total. The van der Waals surface area contributed by atoms with E-state index in [1.54, 1.807) is 29.4 Å². The molecule has 1 aliphatic carbocycles. The van der Waals surface area contributed by atoms with Crippen LogP contribution in [-0.4, -0.2) is 52.1 Å². The first-order valence-electron chi connectivity index (χ1n) is 9.49. The lowest BCUT2D eigenvalue weighted by Gasteiger charge is -2.27. The van der Waals surface area contributed by atoms with Crippen molar-refractivity contribution in [1.29, 1.82) is 0 Å². The Morgan fingerprint density at radius 2 is 1.86 bits per heavy atom. The van der Waals surface area contributed by atoms with Gasteiger partial charge in [-0.05, 0) is 37.1 Å². The zero-order valence-corrected chi connectivity index (χ0v) is 15.3. The highest BCUT2D eigenvalue weighted by molar-refractivity contribution is 6.07. The molecule has 2 aromatic heterocycles. The molecule has 0 bridgehead atoms. The number of pyridine rings is 1. The molecule has 2 fully saturated rings. The molecule has 2 aliphatic rings. The second-order valence-electron chi connectivity index (χ2n) is 7.23. The van der Waals surface area contributed by atoms with Gasteiger partial charge in [-0.3, -0.25) is 4.79 Å². The fourth-order valence-corrected chi connectivity index (χ4v) is 3.48. The maximum absolute atomic E-state index is 13.9. The van der Waals surface area contributed by atoms with Gasteiger partial charge < -0.3 is 9.64 Å². The Morgan fingerprint density at radius 1 is 1.11 bits per heavy atom. The highest BCUT2D eigenvalue weighted by Gasteiger charge is 2.26. The van der Waals surface area contributed by atoms with Crippen LogP contribution in [0.5, 0.6) is 0 Å². The summed E-state index contributed by atoms with van der Waals surface area (Å²) < 4.78 is 19.2. The van der Waals surface area contributed by atoms with Gasteiger partial charge in [-0.2, -0.15) is 0 Å². The third-order valence-electron chi connectivity index (χ3n) is 5.21. The molecule has 7 heteroatoms. The molecule has 1 saturated carbocycles. The number of hydrogen-bond donors (Lipinski definition) is 0. The van der Waals surface area contributed by atoms with Gasteiger partial charge >= 0.3 is 0 Å². The van der Waals surface area contributed by atoms with Crippen molar-refractivity contribution in [1.82, 2.24) is 19.9 Å². The number of carbonyl (C=O) groups excluding carboxylic acids is 1. The van der Waals surface area contributed by atoms with E-state index in [2.05, 4.69) is 15.0 Å². The summed E-state index contributed by atoms with van der Waals surface area (Å²) >= 11 is 0. The van der Waals surface area contributed by atoms with Crippen molar-refractivity contribution >= 4 is 16.8 Å². The Kier molecular flexibility index (Phi) is 4.24. The molecule has 28 heavy (non-hydrogen) atoms. The van der Waals surface area contributed by atoms with Crippen LogP contribution in [0.4, 0.5) is 4.39 Å². The average Bonchev–Trinajstić information content (AvgIpc) is 3.59. The SMILES string of the molecule is O=C(c1cc(-c2cnc(C3CC3)nc2)nc2ccc(F)cc12)N1CCOCC1. The number of nitrogens with zero attached hydrogens (tertiary/aromatic N) is 4. The molecule has 0 atom stereocenters. The van der Waals surface area contributed by atoms with Gasteiger partial charge in [-0.1, -0.05) is 0 Å². The maximum Gasteiger partial charge on any atom is 0.254 e. The largest absolute Gasteiger partial charge is 0.378 e. The Labute approximate surface area is 161 Å². The molecule has 0 unspecified atom stereocenters. The van der Waals surface area contributed by atoms with Crippen molar-refractivity contribution in [2.45, 2.75) is 18.8 Å². The van der Waals surface area contributed by atoms with Crippen LogP contribution in [0.3, 0.4) is 0 Å². The number of halogens is 1. The fraction of sp³-hybridized carbons (Fsp3) is 0.333. The van der Waals surface area contributed by atoms with Gasteiger partial charge in [-0.25, -0.2) is 19.3 Å². The van der Waals surface area contributed by atoms with Crippen molar-refractivity contribution in [3.63, 3.8) is 0 Å². The molecule has 1 aromatic carbocycles. The van der Waals surface area contributed by atoms with E-state index < -0.39 is 5.82 Å². The summed E-state index contributed by atoms with van der Waals surface area (Å²) in [6.45, 7) is 2.05. The van der Waals surface area contributed by atoms with Gasteiger partial charge in [0, 0.05) is 42.4 Å². The summed E-state index contributed by atoms with van der Waals surface area (Å²) in [6, 6.07) is 6.04. The van der Waals surface area contributed by atoms with Crippen LogP contribution in [0, 0.1) is 5.82 Å². The van der Waals surface area contributed by atoms with Gasteiger partial charge in [0.15, 0.2) is 0 Å². The fourth-order valence-electron chi connectivity index (χ4n) is 3.48. The zero-order valence-electron chi connectivity index (χ0n) is 15.3. The second-order valence-corrected chi connectivity index (χ2v) is 7.23. The molecule has 6 nitrogen and oxygen atoms in total. The quantitative estimate of drug-likeness (QED) is 0.700. The molecule has 3 heterocycles. The first-order chi connectivity index (χ1) is 13.7. The highest BCUT2D eigenvalue weighted by Crippen LogP contribution is 2.38. The van der Waals surface area contributed by atoms with Gasteiger partial charge in [0.1, 0.15) is 11.6 Å². The molecule has 0 spiro atoms. The van der Waals surface area contributed by atoms with Gasteiger partial charge in [-0.15, -0.1) is 0 Å². The normalized spacial score (nSPS) is 17.1. The number of ether oxygens (including phenoxy) is 1. The summed E-state index contributed by atoms with van der Waals surface area (Å²) in [7, 11) is 0. The highest BCUT2D eigenvalue weighted by atomic mass is 19.1. The van der Waals surface area contributed by atoms with Gasteiger partial charge in [0.2, 0.25) is 0 Å². The molecule has 1 amide bonds. The number of rotatable bonds is 3. The van der Waals surface area contributed by atoms with Crippen LogP contribution in [0.25, 0.3) is 22.2 Å². The number of amides is 1. The van der Waals surface area contributed by atoms with Crippen LogP contribution in [0.2, 0.25) is 0 Å². The minimum Gasteiger partial charge on any atom is -0.378 e. The summed E-state index contributed by atoms with van der Waals surface area (Å²) in [5, 5.41) is 0.510. The zero-order chi connectivity index (χ0) is 19.1. The first-order valence-corrected chi connectivity index (χ1v) is 9.49. The molecule has 5 rings (SSSR count). The third kappa shape index (κ3) is 3.22. The molecule has 1 aliphatic heterocycles. The number of fused-ring (bicyclic) bond motifs is 1. The summed E-state index contributed by atoms with van der Waals surface area (Å²) in [6.07, 6.45) is 5.78. The van der Waals surface area contributed by atoms with Crippen molar-refractivity contribution < 1.29 is 13.9 Å². The predicted molar refractivity (Wildman–Crippen MR) is 101 cm³/mol. The standard InChI is InChI=1S/C21H19FN4O2/c22-15-3-4-18-16(9-15)17(21(27)26-5-7-28-8-6-26)10-19(25-18)14-11-23-20(24-12-14)13-1-2-13/h3-4,9-13H,1-2,5-8H2. The summed E-state index contributed by atoms with van der Waals surface area (Å²) in [5.41, 5.74) is 2.36. The average molecular weight is 378 g/mol. The van der Waals surface area contributed by atoms with E-state index in [9.17, 15) is 9.18 Å². The molecular formula is C21H19FN4O2. The summed E-state index contributed by atoms with van der Waals surface area (Å²) in [4.78, 5) is 28.4. The number of morpholine rings is 1. The van der Waals surface area contributed by atoms with Gasteiger partial charge in [0.25, 0.3) is 5.91 Å². The van der Waals surface area contributed by atoms with Crippen LogP contribution in [0.1, 0.15) is 34.9 Å². The Bertz CT molecular complexity index is 1040. The predicted octanol–water partition coefficient (Wildman–Crippen LogP) is 3.18. The van der Waals surface area contributed by atoms with Crippen molar-refractivity contribution in [2.75, 3.05) is 26.3 Å². The van der Waals surface area contributed by atoms with E-state index in [1.165, 1.54) is 12.1 Å². The second kappa shape index (κ2) is 6.91. The minimum absolute atomic E-state index is 0.141. The van der Waals surface area contributed by atoms with E-state index in [0.717, 1.165) is 24.2 Å². The monoisotopic (exact) mass is 378 g/mol. The van der Waals surface area contributed by atoms with Crippen molar-refractivity contribution in [3.05, 3.63) is 53.9 Å². The Hall–Kier alpha value is -2.93. The molecular weight excluding hydrogens is 359 g/mol. The van der Waals surface area contributed by atoms with E-state index in [4.69, 9.17) is 4.74 Å².